The number of hydrogen-bond acceptors (Lipinski definition) is 5. The van der Waals surface area contributed by atoms with Crippen molar-refractivity contribution in [2.45, 2.75) is 24.8 Å². The van der Waals surface area contributed by atoms with E-state index in [4.69, 9.17) is 10.8 Å². The van der Waals surface area contributed by atoms with Gasteiger partial charge >= 0.3 is 0 Å². The van der Waals surface area contributed by atoms with Crippen molar-refractivity contribution in [2.75, 3.05) is 18.9 Å². The number of nitrogen functional groups attached to an aromatic ring is 1. The lowest BCUT2D eigenvalue weighted by molar-refractivity contribution is 0.236. The van der Waals surface area contributed by atoms with Crippen LogP contribution in [0.2, 0.25) is 0 Å². The Hall–Kier alpha value is -1.18. The number of aromatic nitrogens is 1. The third kappa shape index (κ3) is 2.93. The molecule has 0 fully saturated rings. The monoisotopic (exact) mass is 259 g/mol. The molecule has 0 aromatic carbocycles. The second-order valence-corrected chi connectivity index (χ2v) is 5.71. The summed E-state index contributed by atoms with van der Waals surface area (Å²) in [6, 6.07) is 1.18. The van der Waals surface area contributed by atoms with Crippen LogP contribution in [0.15, 0.2) is 23.4 Å². The zero-order valence-corrected chi connectivity index (χ0v) is 10.7. The van der Waals surface area contributed by atoms with Crippen LogP contribution in [0.1, 0.15) is 13.8 Å². The summed E-state index contributed by atoms with van der Waals surface area (Å²) in [4.78, 5) is 3.74. The topological polar surface area (TPSA) is 96.5 Å². The zero-order valence-electron chi connectivity index (χ0n) is 9.87. The summed E-state index contributed by atoms with van der Waals surface area (Å²) in [6.07, 6.45) is 2.65. The van der Waals surface area contributed by atoms with Gasteiger partial charge in [0.1, 0.15) is 4.90 Å². The van der Waals surface area contributed by atoms with Gasteiger partial charge < -0.3 is 10.8 Å². The molecule has 0 bridgehead atoms. The molecule has 1 rings (SSSR count). The molecule has 0 aliphatic rings. The number of anilines is 1. The van der Waals surface area contributed by atoms with Crippen molar-refractivity contribution >= 4 is 15.7 Å². The molecule has 0 unspecified atom stereocenters. The summed E-state index contributed by atoms with van der Waals surface area (Å²) < 4.78 is 25.8. The molecule has 1 aromatic rings. The van der Waals surface area contributed by atoms with Crippen molar-refractivity contribution in [3.05, 3.63) is 18.5 Å². The maximum absolute atomic E-state index is 12.3. The molecule has 0 atom stereocenters. The predicted molar refractivity (Wildman–Crippen MR) is 64.8 cm³/mol. The molecule has 17 heavy (non-hydrogen) atoms. The maximum atomic E-state index is 12.3. The van der Waals surface area contributed by atoms with Gasteiger partial charge in [-0.05, 0) is 19.9 Å². The summed E-state index contributed by atoms with van der Waals surface area (Å²) in [7, 11) is -3.71. The van der Waals surface area contributed by atoms with Crippen LogP contribution in [0.4, 0.5) is 5.69 Å². The van der Waals surface area contributed by atoms with Crippen LogP contribution in [0.3, 0.4) is 0 Å². The van der Waals surface area contributed by atoms with E-state index in [2.05, 4.69) is 4.98 Å². The highest BCUT2D eigenvalue weighted by atomic mass is 32.2. The summed E-state index contributed by atoms with van der Waals surface area (Å²) in [5.74, 6) is 0. The third-order valence-corrected chi connectivity index (χ3v) is 4.42. The second kappa shape index (κ2) is 5.44. The summed E-state index contributed by atoms with van der Waals surface area (Å²) in [6.45, 7) is 3.27. The highest BCUT2D eigenvalue weighted by molar-refractivity contribution is 7.89. The lowest BCUT2D eigenvalue weighted by Gasteiger charge is -2.25. The van der Waals surface area contributed by atoms with Crippen LogP contribution in [-0.4, -0.2) is 42.0 Å². The molecule has 0 spiro atoms. The molecule has 96 valence electrons. The van der Waals surface area contributed by atoms with Gasteiger partial charge in [0.25, 0.3) is 0 Å². The number of rotatable bonds is 5. The fourth-order valence-corrected chi connectivity index (χ4v) is 3.18. The smallest absolute Gasteiger partial charge is 0.246 e. The van der Waals surface area contributed by atoms with Gasteiger partial charge in [-0.2, -0.15) is 4.31 Å². The molecule has 1 heterocycles. The normalized spacial score (nSPS) is 12.3. The van der Waals surface area contributed by atoms with Gasteiger partial charge in [-0.15, -0.1) is 0 Å². The standard InChI is InChI=1S/C10H17N3O3S/c1-8(2)13(5-6-14)17(15,16)10-7-12-4-3-9(10)11/h3-4,7-8,14H,5-6H2,1-2H3,(H2,11,12). The number of sulfonamides is 1. The molecule has 6 nitrogen and oxygen atoms in total. The third-order valence-electron chi connectivity index (χ3n) is 2.30. The zero-order chi connectivity index (χ0) is 13.1. The van der Waals surface area contributed by atoms with Crippen molar-refractivity contribution in [3.8, 4) is 0 Å². The summed E-state index contributed by atoms with van der Waals surface area (Å²) >= 11 is 0. The Morgan fingerprint density at radius 2 is 2.18 bits per heavy atom. The molecule has 0 amide bonds. The van der Waals surface area contributed by atoms with Crippen molar-refractivity contribution in [2.24, 2.45) is 0 Å². The molecular weight excluding hydrogens is 242 g/mol. The van der Waals surface area contributed by atoms with Crippen LogP contribution in [0, 0.1) is 0 Å². The van der Waals surface area contributed by atoms with Gasteiger partial charge in [-0.1, -0.05) is 0 Å². The second-order valence-electron chi connectivity index (χ2n) is 3.85. The van der Waals surface area contributed by atoms with Crippen molar-refractivity contribution in [1.29, 1.82) is 0 Å². The van der Waals surface area contributed by atoms with E-state index in [0.717, 1.165) is 0 Å². The number of pyridine rings is 1. The van der Waals surface area contributed by atoms with Gasteiger partial charge in [-0.3, -0.25) is 4.98 Å². The van der Waals surface area contributed by atoms with E-state index >= 15 is 0 Å². The van der Waals surface area contributed by atoms with E-state index in [9.17, 15) is 8.42 Å². The number of aliphatic hydroxyl groups is 1. The molecular formula is C10H17N3O3S. The quantitative estimate of drug-likeness (QED) is 0.779. The molecule has 1 aromatic heterocycles. The van der Waals surface area contributed by atoms with E-state index in [1.54, 1.807) is 13.8 Å². The summed E-state index contributed by atoms with van der Waals surface area (Å²) in [5, 5.41) is 8.91. The molecule has 3 N–H and O–H groups in total. The highest BCUT2D eigenvalue weighted by Gasteiger charge is 2.28. The Labute approximate surface area is 101 Å². The van der Waals surface area contributed by atoms with E-state index in [-0.39, 0.29) is 29.8 Å². The van der Waals surface area contributed by atoms with Crippen molar-refractivity contribution in [1.82, 2.24) is 9.29 Å². The van der Waals surface area contributed by atoms with E-state index in [0.29, 0.717) is 0 Å². The Morgan fingerprint density at radius 3 is 2.65 bits per heavy atom. The fourth-order valence-electron chi connectivity index (χ4n) is 1.49. The first-order valence-corrected chi connectivity index (χ1v) is 6.67. The minimum Gasteiger partial charge on any atom is -0.398 e. The van der Waals surface area contributed by atoms with Gasteiger partial charge in [0.05, 0.1) is 12.3 Å². The van der Waals surface area contributed by atoms with E-state index in [1.165, 1.54) is 22.8 Å². The Kier molecular flexibility index (Phi) is 4.44. The average Bonchev–Trinajstić information content (AvgIpc) is 2.25. The predicted octanol–water partition coefficient (Wildman–Crippen LogP) is 0.0552. The SMILES string of the molecule is CC(C)N(CCO)S(=O)(=O)c1cnccc1N. The lowest BCUT2D eigenvalue weighted by Crippen LogP contribution is -2.39. The summed E-state index contributed by atoms with van der Waals surface area (Å²) in [5.41, 5.74) is 5.79. The first-order chi connectivity index (χ1) is 7.91. The van der Waals surface area contributed by atoms with Gasteiger partial charge in [0.15, 0.2) is 0 Å². The van der Waals surface area contributed by atoms with Gasteiger partial charge in [0, 0.05) is 25.0 Å². The Bertz CT molecular complexity index is 473. The van der Waals surface area contributed by atoms with Crippen molar-refractivity contribution in [3.63, 3.8) is 0 Å². The fraction of sp³-hybridized carbons (Fsp3) is 0.500. The molecule has 0 saturated heterocycles. The first kappa shape index (κ1) is 13.9. The molecule has 0 radical (unpaired) electrons. The average molecular weight is 259 g/mol. The number of nitrogens with zero attached hydrogens (tertiary/aromatic N) is 2. The first-order valence-electron chi connectivity index (χ1n) is 5.23. The molecule has 0 saturated carbocycles. The van der Waals surface area contributed by atoms with Crippen LogP contribution in [0.25, 0.3) is 0 Å². The van der Waals surface area contributed by atoms with Gasteiger partial charge in [-0.25, -0.2) is 8.42 Å². The Morgan fingerprint density at radius 1 is 1.53 bits per heavy atom. The van der Waals surface area contributed by atoms with E-state index < -0.39 is 10.0 Å². The van der Waals surface area contributed by atoms with Crippen LogP contribution >= 0.6 is 0 Å². The van der Waals surface area contributed by atoms with Gasteiger partial charge in [0.2, 0.25) is 10.0 Å². The maximum Gasteiger partial charge on any atom is 0.246 e. The highest BCUT2D eigenvalue weighted by Crippen LogP contribution is 2.22. The molecule has 0 aliphatic heterocycles. The minimum atomic E-state index is -3.71. The number of nitrogens with two attached hydrogens (primary N) is 1. The van der Waals surface area contributed by atoms with Crippen LogP contribution in [-0.2, 0) is 10.0 Å². The largest absolute Gasteiger partial charge is 0.398 e. The number of hydrogen-bond donors (Lipinski definition) is 2. The molecule has 0 aliphatic carbocycles. The lowest BCUT2D eigenvalue weighted by atomic mass is 10.4. The van der Waals surface area contributed by atoms with Crippen molar-refractivity contribution < 1.29 is 13.5 Å². The van der Waals surface area contributed by atoms with Crippen LogP contribution in [0.5, 0.6) is 0 Å². The molecule has 7 heteroatoms. The van der Waals surface area contributed by atoms with Crippen LogP contribution < -0.4 is 5.73 Å². The number of aliphatic hydroxyl groups excluding tert-OH is 1. The minimum absolute atomic E-state index is 0.0258. The van der Waals surface area contributed by atoms with E-state index in [1.807, 2.05) is 0 Å². The Balaban J connectivity index is 3.22.